The van der Waals surface area contributed by atoms with Gasteiger partial charge in [0, 0.05) is 37.0 Å². The Morgan fingerprint density at radius 1 is 1.32 bits per heavy atom. The topological polar surface area (TPSA) is 95.0 Å². The van der Waals surface area contributed by atoms with Gasteiger partial charge in [0.1, 0.15) is 6.10 Å². The van der Waals surface area contributed by atoms with E-state index in [2.05, 4.69) is 10.3 Å². The molecule has 0 spiro atoms. The van der Waals surface area contributed by atoms with Gasteiger partial charge in [0.25, 0.3) is 11.8 Å². The Balaban J connectivity index is 2.04. The average molecular weight is 427 g/mol. The number of benzene rings is 1. The molecule has 1 unspecified atom stereocenters. The molecule has 8 nitrogen and oxygen atoms in total. The number of ether oxygens (including phenoxy) is 1. The Kier molecular flexibility index (Phi) is 7.25. The zero-order valence-electron chi connectivity index (χ0n) is 18.4. The number of hydrogen-bond acceptors (Lipinski definition) is 6. The summed E-state index contributed by atoms with van der Waals surface area (Å²) in [4.78, 5) is 33.8. The van der Waals surface area contributed by atoms with Gasteiger partial charge in [0.05, 0.1) is 23.9 Å². The fourth-order valence-corrected chi connectivity index (χ4v) is 3.62. The first-order valence-electron chi connectivity index (χ1n) is 10.4. The predicted molar refractivity (Wildman–Crippen MR) is 118 cm³/mol. The van der Waals surface area contributed by atoms with E-state index in [1.165, 1.54) is 0 Å². The van der Waals surface area contributed by atoms with E-state index in [1.807, 2.05) is 32.8 Å². The zero-order chi connectivity index (χ0) is 22.5. The molecule has 3 atom stereocenters. The molecule has 166 valence electrons. The molecule has 0 fully saturated rings. The van der Waals surface area contributed by atoms with Crippen molar-refractivity contribution in [1.82, 2.24) is 14.8 Å². The number of anilines is 1. The maximum atomic E-state index is 13.4. The van der Waals surface area contributed by atoms with Crippen LogP contribution in [-0.2, 0) is 0 Å². The standard InChI is InChI=1S/C23H30N4O4/c1-15-12-27(16(2)14-28)23(30)18-6-5-7-19(21(18)31-20(15)13-26(3)4)25-22(29)17-8-10-24-11-9-17/h5-11,15-16,20,28H,12-14H2,1-4H3,(H,25,29)/t15-,16?,20+/m1/s1. The molecule has 1 aromatic carbocycles. The highest BCUT2D eigenvalue weighted by Gasteiger charge is 2.34. The van der Waals surface area contributed by atoms with E-state index in [0.717, 1.165) is 0 Å². The number of rotatable bonds is 6. The molecule has 2 amide bonds. The van der Waals surface area contributed by atoms with E-state index in [0.29, 0.717) is 35.7 Å². The highest BCUT2D eigenvalue weighted by Crippen LogP contribution is 2.35. The van der Waals surface area contributed by atoms with Gasteiger partial charge in [-0.2, -0.15) is 0 Å². The third kappa shape index (κ3) is 5.21. The van der Waals surface area contributed by atoms with Gasteiger partial charge in [-0.05, 0) is 45.3 Å². The molecule has 2 heterocycles. The van der Waals surface area contributed by atoms with Crippen LogP contribution in [0, 0.1) is 5.92 Å². The number of aliphatic hydroxyl groups excluding tert-OH is 1. The quantitative estimate of drug-likeness (QED) is 0.735. The molecular formula is C23H30N4O4. The van der Waals surface area contributed by atoms with E-state index in [1.54, 1.807) is 47.6 Å². The Bertz CT molecular complexity index is 919. The zero-order valence-corrected chi connectivity index (χ0v) is 18.4. The third-order valence-electron chi connectivity index (χ3n) is 5.43. The van der Waals surface area contributed by atoms with Crippen molar-refractivity contribution in [2.45, 2.75) is 26.0 Å². The number of nitrogens with zero attached hydrogens (tertiary/aromatic N) is 3. The van der Waals surface area contributed by atoms with Gasteiger partial charge in [-0.15, -0.1) is 0 Å². The first-order chi connectivity index (χ1) is 14.8. The Hall–Kier alpha value is -2.97. The molecule has 0 saturated carbocycles. The van der Waals surface area contributed by atoms with E-state index < -0.39 is 0 Å². The Morgan fingerprint density at radius 2 is 2.03 bits per heavy atom. The van der Waals surface area contributed by atoms with Crippen LogP contribution in [0.15, 0.2) is 42.7 Å². The van der Waals surface area contributed by atoms with Gasteiger partial charge in [-0.3, -0.25) is 14.6 Å². The van der Waals surface area contributed by atoms with Crippen molar-refractivity contribution in [3.63, 3.8) is 0 Å². The van der Waals surface area contributed by atoms with E-state index in [-0.39, 0.29) is 36.5 Å². The molecule has 31 heavy (non-hydrogen) atoms. The first kappa shape index (κ1) is 22.7. The second-order valence-corrected chi connectivity index (χ2v) is 8.26. The molecule has 8 heteroatoms. The third-order valence-corrected chi connectivity index (χ3v) is 5.43. The lowest BCUT2D eigenvalue weighted by molar-refractivity contribution is 0.0365. The number of fused-ring (bicyclic) bond motifs is 1. The summed E-state index contributed by atoms with van der Waals surface area (Å²) >= 11 is 0. The number of amides is 2. The Labute approximate surface area is 182 Å². The molecule has 3 rings (SSSR count). The SMILES string of the molecule is CC(CO)N1C[C@@H](C)[C@H](CN(C)C)Oc2c(NC(=O)c3ccncc3)cccc2C1=O. The van der Waals surface area contributed by atoms with Crippen LogP contribution in [0.4, 0.5) is 5.69 Å². The minimum absolute atomic E-state index is 0.0115. The predicted octanol–water partition coefficient (Wildman–Crippen LogP) is 2.12. The van der Waals surface area contributed by atoms with Crippen molar-refractivity contribution in [3.8, 4) is 5.75 Å². The smallest absolute Gasteiger partial charge is 0.258 e. The van der Waals surface area contributed by atoms with Crippen LogP contribution < -0.4 is 10.1 Å². The van der Waals surface area contributed by atoms with E-state index >= 15 is 0 Å². The van der Waals surface area contributed by atoms with Crippen LogP contribution in [0.5, 0.6) is 5.75 Å². The number of aliphatic hydroxyl groups is 1. The molecule has 2 aromatic rings. The van der Waals surface area contributed by atoms with Crippen molar-refractivity contribution in [2.75, 3.05) is 39.1 Å². The van der Waals surface area contributed by atoms with Gasteiger partial charge < -0.3 is 25.0 Å². The first-order valence-corrected chi connectivity index (χ1v) is 10.4. The van der Waals surface area contributed by atoms with Crippen molar-refractivity contribution >= 4 is 17.5 Å². The van der Waals surface area contributed by atoms with E-state index in [9.17, 15) is 14.7 Å². The molecule has 1 aliphatic rings. The number of pyridine rings is 1. The summed E-state index contributed by atoms with van der Waals surface area (Å²) in [5, 5.41) is 12.6. The number of hydrogen-bond donors (Lipinski definition) is 2. The Morgan fingerprint density at radius 3 is 2.68 bits per heavy atom. The number of para-hydroxylation sites is 1. The van der Waals surface area contributed by atoms with Gasteiger partial charge in [-0.1, -0.05) is 13.0 Å². The van der Waals surface area contributed by atoms with Crippen LogP contribution >= 0.6 is 0 Å². The van der Waals surface area contributed by atoms with E-state index in [4.69, 9.17) is 4.74 Å². The fourth-order valence-electron chi connectivity index (χ4n) is 3.62. The lowest BCUT2D eigenvalue weighted by atomic mass is 9.99. The molecule has 1 aliphatic heterocycles. The summed E-state index contributed by atoms with van der Waals surface area (Å²) < 4.78 is 6.38. The molecule has 0 aliphatic carbocycles. The normalized spacial score (nSPS) is 19.8. The molecule has 0 radical (unpaired) electrons. The largest absolute Gasteiger partial charge is 0.486 e. The summed E-state index contributed by atoms with van der Waals surface area (Å²) in [6.07, 6.45) is 2.88. The van der Waals surface area contributed by atoms with Gasteiger partial charge in [0.2, 0.25) is 0 Å². The lowest BCUT2D eigenvalue weighted by Gasteiger charge is -2.38. The highest BCUT2D eigenvalue weighted by molar-refractivity contribution is 6.07. The number of nitrogens with one attached hydrogen (secondary N) is 1. The lowest BCUT2D eigenvalue weighted by Crippen LogP contribution is -2.49. The van der Waals surface area contributed by atoms with Crippen LogP contribution in [0.3, 0.4) is 0 Å². The second kappa shape index (κ2) is 9.89. The molecule has 0 saturated heterocycles. The number of likely N-dealkylation sites (N-methyl/N-ethyl adjacent to an activating group) is 1. The van der Waals surface area contributed by atoms with Crippen molar-refractivity contribution in [3.05, 3.63) is 53.9 Å². The maximum Gasteiger partial charge on any atom is 0.258 e. The monoisotopic (exact) mass is 426 g/mol. The average Bonchev–Trinajstić information content (AvgIpc) is 2.76. The van der Waals surface area contributed by atoms with Gasteiger partial charge in [0.15, 0.2) is 5.75 Å². The summed E-state index contributed by atoms with van der Waals surface area (Å²) in [5.74, 6) is -0.181. The van der Waals surface area contributed by atoms with Gasteiger partial charge in [-0.25, -0.2) is 0 Å². The molecular weight excluding hydrogens is 396 g/mol. The summed E-state index contributed by atoms with van der Waals surface area (Å²) in [6, 6.07) is 8.04. The van der Waals surface area contributed by atoms with Crippen LogP contribution in [-0.4, -0.2) is 77.6 Å². The van der Waals surface area contributed by atoms with Crippen molar-refractivity contribution < 1.29 is 19.4 Å². The number of carbonyl (C=O) groups excluding carboxylic acids is 2. The number of carbonyl (C=O) groups is 2. The molecule has 2 N–H and O–H groups in total. The summed E-state index contributed by atoms with van der Waals surface area (Å²) in [5.41, 5.74) is 1.25. The summed E-state index contributed by atoms with van der Waals surface area (Å²) in [7, 11) is 3.93. The van der Waals surface area contributed by atoms with Crippen LogP contribution in [0.25, 0.3) is 0 Å². The maximum absolute atomic E-state index is 13.4. The van der Waals surface area contributed by atoms with Crippen molar-refractivity contribution in [2.24, 2.45) is 5.92 Å². The highest BCUT2D eigenvalue weighted by atomic mass is 16.5. The van der Waals surface area contributed by atoms with Crippen LogP contribution in [0.1, 0.15) is 34.6 Å². The summed E-state index contributed by atoms with van der Waals surface area (Å²) in [6.45, 7) is 4.82. The fraction of sp³-hybridized carbons (Fsp3) is 0.435. The van der Waals surface area contributed by atoms with Crippen LogP contribution in [0.2, 0.25) is 0 Å². The second-order valence-electron chi connectivity index (χ2n) is 8.26. The minimum atomic E-state index is -0.337. The van der Waals surface area contributed by atoms with Gasteiger partial charge >= 0.3 is 0 Å². The molecule has 1 aromatic heterocycles. The molecule has 0 bridgehead atoms. The number of aromatic nitrogens is 1. The van der Waals surface area contributed by atoms with Crippen molar-refractivity contribution in [1.29, 1.82) is 0 Å². The minimum Gasteiger partial charge on any atom is -0.486 e.